The molecule has 0 spiro atoms. The lowest BCUT2D eigenvalue weighted by molar-refractivity contribution is 0.0697. The third-order valence-electron chi connectivity index (χ3n) is 3.26. The first-order valence-electron chi connectivity index (χ1n) is 6.33. The minimum absolute atomic E-state index is 0.105. The minimum atomic E-state index is -1.02. The molecule has 2 aromatic heterocycles. The van der Waals surface area contributed by atoms with Gasteiger partial charge < -0.3 is 10.0 Å². The number of anilines is 1. The number of pyridine rings is 1. The fraction of sp³-hybridized carbons (Fsp3) is 0.286. The van der Waals surface area contributed by atoms with Crippen LogP contribution < -0.4 is 4.90 Å². The summed E-state index contributed by atoms with van der Waals surface area (Å²) >= 11 is 7.57. The van der Waals surface area contributed by atoms with Gasteiger partial charge in [-0.2, -0.15) is 0 Å². The summed E-state index contributed by atoms with van der Waals surface area (Å²) in [6, 6.07) is 6.11. The highest BCUT2D eigenvalue weighted by atomic mass is 35.5. The first-order chi connectivity index (χ1) is 9.65. The van der Waals surface area contributed by atoms with Crippen molar-refractivity contribution in [1.82, 2.24) is 4.98 Å². The van der Waals surface area contributed by atoms with E-state index < -0.39 is 5.97 Å². The van der Waals surface area contributed by atoms with Crippen LogP contribution in [0.15, 0.2) is 29.8 Å². The van der Waals surface area contributed by atoms with Gasteiger partial charge in [-0.25, -0.2) is 9.78 Å². The zero-order valence-corrected chi connectivity index (χ0v) is 12.2. The lowest BCUT2D eigenvalue weighted by Crippen LogP contribution is -2.25. The lowest BCUT2D eigenvalue weighted by atomic mass is 10.2. The van der Waals surface area contributed by atoms with E-state index in [1.165, 1.54) is 11.1 Å². The first-order valence-corrected chi connectivity index (χ1v) is 7.59. The molecule has 0 atom stereocenters. The summed E-state index contributed by atoms with van der Waals surface area (Å²) in [6.45, 7) is 0.760. The van der Waals surface area contributed by atoms with Crippen LogP contribution in [0.2, 0.25) is 5.02 Å². The van der Waals surface area contributed by atoms with Crippen molar-refractivity contribution >= 4 is 34.7 Å². The SMILES string of the molecule is O=C(O)c1cc(N(Cc2cccs2)C2CC2)ncc1Cl. The van der Waals surface area contributed by atoms with Gasteiger partial charge in [-0.15, -0.1) is 11.3 Å². The normalized spacial score (nSPS) is 14.2. The molecule has 0 bridgehead atoms. The molecule has 1 aliphatic rings. The van der Waals surface area contributed by atoms with E-state index in [-0.39, 0.29) is 10.6 Å². The number of carbonyl (C=O) groups is 1. The van der Waals surface area contributed by atoms with Crippen molar-refractivity contribution in [1.29, 1.82) is 0 Å². The Hall–Kier alpha value is -1.59. The van der Waals surface area contributed by atoms with E-state index in [4.69, 9.17) is 16.7 Å². The number of hydrogen-bond acceptors (Lipinski definition) is 4. The summed E-state index contributed by atoms with van der Waals surface area (Å²) in [5.74, 6) is -0.340. The predicted octanol–water partition coefficient (Wildman–Crippen LogP) is 3.66. The first kappa shape index (κ1) is 13.4. The highest BCUT2D eigenvalue weighted by Crippen LogP contribution is 2.33. The van der Waals surface area contributed by atoms with Crippen LogP contribution >= 0.6 is 22.9 Å². The molecule has 3 rings (SSSR count). The number of hydrogen-bond donors (Lipinski definition) is 1. The molecule has 1 aliphatic carbocycles. The Kier molecular flexibility index (Phi) is 3.63. The van der Waals surface area contributed by atoms with Gasteiger partial charge in [0.25, 0.3) is 0 Å². The molecular weight excluding hydrogens is 296 g/mol. The number of carboxylic acid groups (broad SMARTS) is 1. The number of carboxylic acids is 1. The number of aromatic carboxylic acids is 1. The Balaban J connectivity index is 1.91. The second-order valence-electron chi connectivity index (χ2n) is 4.77. The molecule has 4 nitrogen and oxygen atoms in total. The second kappa shape index (κ2) is 5.42. The maximum atomic E-state index is 11.2. The Morgan fingerprint density at radius 2 is 2.35 bits per heavy atom. The molecule has 2 heterocycles. The molecule has 1 saturated carbocycles. The minimum Gasteiger partial charge on any atom is -0.478 e. The number of halogens is 1. The van der Waals surface area contributed by atoms with Gasteiger partial charge in [0.2, 0.25) is 0 Å². The fourth-order valence-electron chi connectivity index (χ4n) is 2.10. The number of nitrogens with zero attached hydrogens (tertiary/aromatic N) is 2. The monoisotopic (exact) mass is 308 g/mol. The third-order valence-corrected chi connectivity index (χ3v) is 4.42. The maximum absolute atomic E-state index is 11.2. The molecule has 1 N–H and O–H groups in total. The van der Waals surface area contributed by atoms with Gasteiger partial charge in [0, 0.05) is 17.1 Å². The standard InChI is InChI=1S/C14H13ClN2O2S/c15-12-7-16-13(6-11(12)14(18)19)17(9-3-4-9)8-10-2-1-5-20-10/h1-2,5-7,9H,3-4,8H2,(H,18,19). The van der Waals surface area contributed by atoms with E-state index in [0.717, 1.165) is 19.4 Å². The number of aromatic nitrogens is 1. The van der Waals surface area contributed by atoms with Gasteiger partial charge in [-0.1, -0.05) is 17.7 Å². The average molecular weight is 309 g/mol. The van der Waals surface area contributed by atoms with E-state index in [2.05, 4.69) is 16.0 Å². The average Bonchev–Trinajstić information content (AvgIpc) is 3.14. The molecule has 0 amide bonds. The van der Waals surface area contributed by atoms with E-state index in [1.54, 1.807) is 17.4 Å². The number of thiophene rings is 1. The molecule has 2 aromatic rings. The van der Waals surface area contributed by atoms with E-state index >= 15 is 0 Å². The Labute approximate surface area is 125 Å². The van der Waals surface area contributed by atoms with Gasteiger partial charge in [-0.05, 0) is 30.4 Å². The van der Waals surface area contributed by atoms with Crippen molar-refractivity contribution in [3.8, 4) is 0 Å². The zero-order chi connectivity index (χ0) is 14.1. The van der Waals surface area contributed by atoms with E-state index in [9.17, 15) is 4.79 Å². The van der Waals surface area contributed by atoms with Crippen LogP contribution in [-0.4, -0.2) is 22.1 Å². The predicted molar refractivity (Wildman–Crippen MR) is 79.7 cm³/mol. The van der Waals surface area contributed by atoms with Crippen molar-refractivity contribution < 1.29 is 9.90 Å². The molecular formula is C14H13ClN2O2S. The summed E-state index contributed by atoms with van der Waals surface area (Å²) < 4.78 is 0. The zero-order valence-electron chi connectivity index (χ0n) is 10.6. The summed E-state index contributed by atoms with van der Waals surface area (Å²) in [5, 5.41) is 11.4. The van der Waals surface area contributed by atoms with Crippen LogP contribution in [0.5, 0.6) is 0 Å². The summed E-state index contributed by atoms with van der Waals surface area (Å²) in [5.41, 5.74) is 0.105. The van der Waals surface area contributed by atoms with Crippen LogP contribution in [0.25, 0.3) is 0 Å². The largest absolute Gasteiger partial charge is 0.478 e. The van der Waals surface area contributed by atoms with E-state index in [0.29, 0.717) is 11.9 Å². The molecule has 0 unspecified atom stereocenters. The molecule has 0 aromatic carbocycles. The van der Waals surface area contributed by atoms with Crippen LogP contribution in [0.4, 0.5) is 5.82 Å². The highest BCUT2D eigenvalue weighted by molar-refractivity contribution is 7.09. The maximum Gasteiger partial charge on any atom is 0.337 e. The Morgan fingerprint density at radius 1 is 1.55 bits per heavy atom. The molecule has 0 saturated heterocycles. The molecule has 20 heavy (non-hydrogen) atoms. The molecule has 104 valence electrons. The van der Waals surface area contributed by atoms with E-state index in [1.807, 2.05) is 11.4 Å². The van der Waals surface area contributed by atoms with Crippen molar-refractivity contribution in [2.75, 3.05) is 4.90 Å². The van der Waals surface area contributed by atoms with Crippen LogP contribution in [-0.2, 0) is 6.54 Å². The van der Waals surface area contributed by atoms with Gasteiger partial charge in [0.15, 0.2) is 0 Å². The van der Waals surface area contributed by atoms with Crippen molar-refractivity contribution in [3.05, 3.63) is 45.2 Å². The molecule has 0 radical (unpaired) electrons. The summed E-state index contributed by atoms with van der Waals surface area (Å²) in [4.78, 5) is 18.9. The Bertz CT molecular complexity index is 626. The Morgan fingerprint density at radius 3 is 2.95 bits per heavy atom. The van der Waals surface area contributed by atoms with Crippen molar-refractivity contribution in [3.63, 3.8) is 0 Å². The van der Waals surface area contributed by atoms with Gasteiger partial charge in [-0.3, -0.25) is 0 Å². The van der Waals surface area contributed by atoms with Gasteiger partial charge in [0.1, 0.15) is 5.82 Å². The molecule has 6 heteroatoms. The van der Waals surface area contributed by atoms with Gasteiger partial charge in [0.05, 0.1) is 17.1 Å². The topological polar surface area (TPSA) is 53.4 Å². The van der Waals surface area contributed by atoms with Crippen molar-refractivity contribution in [2.45, 2.75) is 25.4 Å². The fourth-order valence-corrected chi connectivity index (χ4v) is 2.99. The van der Waals surface area contributed by atoms with Gasteiger partial charge >= 0.3 is 5.97 Å². The smallest absolute Gasteiger partial charge is 0.337 e. The van der Waals surface area contributed by atoms with Crippen molar-refractivity contribution in [2.24, 2.45) is 0 Å². The van der Waals surface area contributed by atoms with Crippen LogP contribution in [0, 0.1) is 0 Å². The van der Waals surface area contributed by atoms with Crippen LogP contribution in [0.3, 0.4) is 0 Å². The lowest BCUT2D eigenvalue weighted by Gasteiger charge is -2.23. The second-order valence-corrected chi connectivity index (χ2v) is 6.21. The molecule has 0 aliphatic heterocycles. The van der Waals surface area contributed by atoms with Crippen LogP contribution in [0.1, 0.15) is 28.1 Å². The quantitative estimate of drug-likeness (QED) is 0.915. The third kappa shape index (κ3) is 2.78. The summed E-state index contributed by atoms with van der Waals surface area (Å²) in [6.07, 6.45) is 3.67. The summed E-state index contributed by atoms with van der Waals surface area (Å²) in [7, 11) is 0. The number of rotatable bonds is 5. The molecule has 1 fully saturated rings. The highest BCUT2D eigenvalue weighted by Gasteiger charge is 2.31.